The number of fused-ring (bicyclic) bond motifs is 1. The molecule has 102 valence electrons. The summed E-state index contributed by atoms with van der Waals surface area (Å²) in [5.74, 6) is 0.802. The van der Waals surface area contributed by atoms with Crippen molar-refractivity contribution in [1.82, 2.24) is 10.3 Å². The third kappa shape index (κ3) is 2.55. The van der Waals surface area contributed by atoms with Gasteiger partial charge in [0.05, 0.1) is 5.69 Å². The van der Waals surface area contributed by atoms with E-state index in [-0.39, 0.29) is 0 Å². The van der Waals surface area contributed by atoms with Gasteiger partial charge in [0.25, 0.3) is 0 Å². The number of oxazole rings is 1. The van der Waals surface area contributed by atoms with Gasteiger partial charge in [0.15, 0.2) is 11.5 Å². The molecule has 2 heterocycles. The molecule has 1 aromatic heterocycles. The Morgan fingerprint density at radius 3 is 2.89 bits per heavy atom. The summed E-state index contributed by atoms with van der Waals surface area (Å²) in [6.07, 6.45) is 1.90. The van der Waals surface area contributed by atoms with Gasteiger partial charge in [-0.15, -0.1) is 0 Å². The fraction of sp³-hybridized carbons (Fsp3) is 0.500. The molecular weight excluding hydrogens is 262 g/mol. The molecule has 0 aliphatic carbocycles. The topological polar surface area (TPSA) is 41.3 Å². The predicted molar refractivity (Wildman–Crippen MR) is 78.1 cm³/mol. The SMILES string of the molecule is CCCc1nc2cc(Cl)cc(N3CCNCC3)c2o1. The molecule has 2 aromatic rings. The second kappa shape index (κ2) is 5.39. The lowest BCUT2D eigenvalue weighted by atomic mass is 10.2. The van der Waals surface area contributed by atoms with Crippen molar-refractivity contribution in [2.24, 2.45) is 0 Å². The van der Waals surface area contributed by atoms with Gasteiger partial charge in [0.2, 0.25) is 0 Å². The summed E-state index contributed by atoms with van der Waals surface area (Å²) in [7, 11) is 0. The molecule has 1 N–H and O–H groups in total. The van der Waals surface area contributed by atoms with Gasteiger partial charge in [-0.3, -0.25) is 0 Å². The number of benzene rings is 1. The van der Waals surface area contributed by atoms with Gasteiger partial charge in [0, 0.05) is 37.6 Å². The van der Waals surface area contributed by atoms with Crippen molar-refractivity contribution in [3.05, 3.63) is 23.0 Å². The lowest BCUT2D eigenvalue weighted by molar-refractivity contribution is 0.522. The monoisotopic (exact) mass is 279 g/mol. The fourth-order valence-corrected chi connectivity index (χ4v) is 2.70. The average Bonchev–Trinajstić information content (AvgIpc) is 2.81. The van der Waals surface area contributed by atoms with E-state index in [1.807, 2.05) is 12.1 Å². The third-order valence-corrected chi connectivity index (χ3v) is 3.62. The largest absolute Gasteiger partial charge is 0.439 e. The summed E-state index contributed by atoms with van der Waals surface area (Å²) < 4.78 is 5.92. The van der Waals surface area contributed by atoms with E-state index >= 15 is 0 Å². The highest BCUT2D eigenvalue weighted by atomic mass is 35.5. The number of nitrogens with zero attached hydrogens (tertiary/aromatic N) is 2. The molecule has 5 heteroatoms. The van der Waals surface area contributed by atoms with E-state index in [4.69, 9.17) is 16.0 Å². The molecule has 0 spiro atoms. The first-order chi connectivity index (χ1) is 9.28. The summed E-state index contributed by atoms with van der Waals surface area (Å²) in [4.78, 5) is 6.84. The molecule has 3 rings (SSSR count). The van der Waals surface area contributed by atoms with Crippen LogP contribution in [-0.4, -0.2) is 31.2 Å². The molecule has 1 aromatic carbocycles. The molecule has 1 aliphatic heterocycles. The zero-order valence-corrected chi connectivity index (χ0v) is 11.8. The number of halogens is 1. The number of aromatic nitrogens is 1. The Morgan fingerprint density at radius 1 is 1.37 bits per heavy atom. The maximum Gasteiger partial charge on any atom is 0.195 e. The van der Waals surface area contributed by atoms with Crippen LogP contribution in [-0.2, 0) is 6.42 Å². The first-order valence-electron chi connectivity index (χ1n) is 6.82. The molecule has 0 radical (unpaired) electrons. The van der Waals surface area contributed by atoms with Crippen molar-refractivity contribution in [3.63, 3.8) is 0 Å². The Bertz CT molecular complexity index is 575. The predicted octanol–water partition coefficient (Wildman–Crippen LogP) is 2.84. The molecule has 19 heavy (non-hydrogen) atoms. The van der Waals surface area contributed by atoms with Crippen LogP contribution in [0.1, 0.15) is 19.2 Å². The van der Waals surface area contributed by atoms with Crippen molar-refractivity contribution in [2.75, 3.05) is 31.1 Å². The number of anilines is 1. The highest BCUT2D eigenvalue weighted by Crippen LogP contribution is 2.32. The van der Waals surface area contributed by atoms with E-state index in [1.54, 1.807) is 0 Å². The molecule has 1 aliphatic rings. The van der Waals surface area contributed by atoms with Gasteiger partial charge in [-0.2, -0.15) is 0 Å². The van der Waals surface area contributed by atoms with Crippen molar-refractivity contribution >= 4 is 28.4 Å². The molecule has 1 saturated heterocycles. The minimum Gasteiger partial charge on any atom is -0.439 e. The average molecular weight is 280 g/mol. The highest BCUT2D eigenvalue weighted by Gasteiger charge is 2.18. The lowest BCUT2D eigenvalue weighted by Crippen LogP contribution is -2.43. The zero-order chi connectivity index (χ0) is 13.2. The Balaban J connectivity index is 2.05. The number of rotatable bonds is 3. The summed E-state index contributed by atoms with van der Waals surface area (Å²) >= 11 is 6.21. The minimum absolute atomic E-state index is 0.720. The molecule has 0 saturated carbocycles. The van der Waals surface area contributed by atoms with Crippen LogP contribution in [0, 0.1) is 0 Å². The molecule has 0 amide bonds. The van der Waals surface area contributed by atoms with Crippen molar-refractivity contribution < 1.29 is 4.42 Å². The molecule has 0 atom stereocenters. The first-order valence-corrected chi connectivity index (χ1v) is 7.20. The van der Waals surface area contributed by atoms with Gasteiger partial charge in [0.1, 0.15) is 5.52 Å². The van der Waals surface area contributed by atoms with E-state index < -0.39 is 0 Å². The number of piperazine rings is 1. The molecular formula is C14H18ClN3O. The molecule has 0 unspecified atom stereocenters. The smallest absolute Gasteiger partial charge is 0.195 e. The maximum atomic E-state index is 6.21. The number of hydrogen-bond donors (Lipinski definition) is 1. The Kier molecular flexibility index (Phi) is 3.62. The maximum absolute atomic E-state index is 6.21. The zero-order valence-electron chi connectivity index (χ0n) is 11.1. The van der Waals surface area contributed by atoms with Gasteiger partial charge in [-0.25, -0.2) is 4.98 Å². The van der Waals surface area contributed by atoms with Crippen molar-refractivity contribution in [1.29, 1.82) is 0 Å². The van der Waals surface area contributed by atoms with Crippen molar-refractivity contribution in [2.45, 2.75) is 19.8 Å². The standard InChI is InChI=1S/C14H18ClN3O/c1-2-3-13-17-11-8-10(15)9-12(14(11)19-13)18-6-4-16-5-7-18/h8-9,16H,2-7H2,1H3. The Hall–Kier alpha value is -1.26. The summed E-state index contributed by atoms with van der Waals surface area (Å²) in [6, 6.07) is 3.86. The molecule has 0 bridgehead atoms. The van der Waals surface area contributed by atoms with Crippen LogP contribution in [0.15, 0.2) is 16.5 Å². The van der Waals surface area contributed by atoms with Crippen LogP contribution in [0.4, 0.5) is 5.69 Å². The minimum atomic E-state index is 0.720. The van der Waals surface area contributed by atoms with Crippen LogP contribution in [0.25, 0.3) is 11.1 Å². The van der Waals surface area contributed by atoms with Crippen molar-refractivity contribution in [3.8, 4) is 0 Å². The molecule has 1 fully saturated rings. The lowest BCUT2D eigenvalue weighted by Gasteiger charge is -2.29. The second-order valence-corrected chi connectivity index (χ2v) is 5.30. The summed E-state index contributed by atoms with van der Waals surface area (Å²) in [5.41, 5.74) is 2.80. The number of aryl methyl sites for hydroxylation is 1. The van der Waals surface area contributed by atoms with Crippen LogP contribution < -0.4 is 10.2 Å². The Morgan fingerprint density at radius 2 is 2.16 bits per heavy atom. The summed E-state index contributed by atoms with van der Waals surface area (Å²) in [5, 5.41) is 4.07. The number of nitrogens with one attached hydrogen (secondary N) is 1. The van der Waals surface area contributed by atoms with Crippen LogP contribution in [0.3, 0.4) is 0 Å². The number of hydrogen-bond acceptors (Lipinski definition) is 4. The van der Waals surface area contributed by atoms with E-state index in [9.17, 15) is 0 Å². The van der Waals surface area contributed by atoms with Gasteiger partial charge >= 0.3 is 0 Å². The van der Waals surface area contributed by atoms with Crippen LogP contribution >= 0.6 is 11.6 Å². The quantitative estimate of drug-likeness (QED) is 0.938. The van der Waals surface area contributed by atoms with E-state index in [0.29, 0.717) is 0 Å². The van der Waals surface area contributed by atoms with E-state index in [2.05, 4.69) is 22.1 Å². The summed E-state index contributed by atoms with van der Waals surface area (Å²) in [6.45, 7) is 6.05. The van der Waals surface area contributed by atoms with Crippen LogP contribution in [0.2, 0.25) is 5.02 Å². The first kappa shape index (κ1) is 12.8. The van der Waals surface area contributed by atoms with Gasteiger partial charge in [-0.1, -0.05) is 18.5 Å². The Labute approximate surface area is 117 Å². The van der Waals surface area contributed by atoms with Gasteiger partial charge in [-0.05, 0) is 18.6 Å². The second-order valence-electron chi connectivity index (χ2n) is 4.87. The van der Waals surface area contributed by atoms with Crippen LogP contribution in [0.5, 0.6) is 0 Å². The third-order valence-electron chi connectivity index (χ3n) is 3.40. The van der Waals surface area contributed by atoms with Gasteiger partial charge < -0.3 is 14.6 Å². The van der Waals surface area contributed by atoms with E-state index in [0.717, 1.165) is 66.7 Å². The fourth-order valence-electron chi connectivity index (χ4n) is 2.49. The highest BCUT2D eigenvalue weighted by molar-refractivity contribution is 6.31. The van der Waals surface area contributed by atoms with E-state index in [1.165, 1.54) is 0 Å². The molecule has 4 nitrogen and oxygen atoms in total. The normalized spacial score (nSPS) is 16.2.